The minimum Gasteiger partial charge on any atom is -0.457 e. The van der Waals surface area contributed by atoms with E-state index in [1.807, 2.05) is 50.4 Å². The summed E-state index contributed by atoms with van der Waals surface area (Å²) in [6.07, 6.45) is 1.95. The van der Waals surface area contributed by atoms with Gasteiger partial charge in [-0.05, 0) is 55.5 Å². The van der Waals surface area contributed by atoms with Crippen LogP contribution in [-0.4, -0.2) is 12.1 Å². The summed E-state index contributed by atoms with van der Waals surface area (Å²) in [5.74, 6) is 1.27. The van der Waals surface area contributed by atoms with Gasteiger partial charge in [0.25, 0.3) is 0 Å². The van der Waals surface area contributed by atoms with Crippen LogP contribution in [-0.2, 0) is 0 Å². The van der Waals surface area contributed by atoms with Gasteiger partial charge in [0.2, 0.25) is 0 Å². The average molecular weight is 321 g/mol. The van der Waals surface area contributed by atoms with Crippen molar-refractivity contribution in [2.24, 2.45) is 5.73 Å². The van der Waals surface area contributed by atoms with E-state index >= 15 is 0 Å². The second-order valence-electron chi connectivity index (χ2n) is 4.72. The first kappa shape index (κ1) is 15.7. The predicted octanol–water partition coefficient (Wildman–Crippen LogP) is 4.76. The molecule has 3 N–H and O–H groups in total. The lowest BCUT2D eigenvalue weighted by molar-refractivity contribution is 0.479. The Labute approximate surface area is 134 Å². The highest BCUT2D eigenvalue weighted by molar-refractivity contribution is 7.98. The molecule has 0 amide bonds. The maximum atomic E-state index is 7.77. The van der Waals surface area contributed by atoms with Crippen LogP contribution in [0, 0.1) is 19.3 Å². The molecule has 0 unspecified atom stereocenters. The minimum absolute atomic E-state index is 0.00245. The molecule has 21 heavy (non-hydrogen) atoms. The summed E-state index contributed by atoms with van der Waals surface area (Å²) >= 11 is 7.70. The number of hydrogen-bond donors (Lipinski definition) is 2. The van der Waals surface area contributed by atoms with Crippen molar-refractivity contribution in [3.05, 3.63) is 52.0 Å². The van der Waals surface area contributed by atoms with Gasteiger partial charge in [-0.3, -0.25) is 5.41 Å². The number of halogens is 1. The number of aryl methyl sites for hydroxylation is 2. The number of thioether (sulfide) groups is 1. The third-order valence-corrected chi connectivity index (χ3v) is 4.49. The van der Waals surface area contributed by atoms with E-state index in [-0.39, 0.29) is 5.84 Å². The van der Waals surface area contributed by atoms with Crippen LogP contribution in [0.5, 0.6) is 11.5 Å². The van der Waals surface area contributed by atoms with Gasteiger partial charge in [-0.1, -0.05) is 17.7 Å². The molecule has 0 aliphatic heterocycles. The number of nitrogens with two attached hydrogens (primary N) is 1. The fraction of sp³-hybridized carbons (Fsp3) is 0.188. The predicted molar refractivity (Wildman–Crippen MR) is 90.2 cm³/mol. The molecule has 0 fully saturated rings. The summed E-state index contributed by atoms with van der Waals surface area (Å²) in [6, 6.07) is 9.39. The highest BCUT2D eigenvalue weighted by Gasteiger charge is 2.13. The molecule has 2 aromatic carbocycles. The lowest BCUT2D eigenvalue weighted by Crippen LogP contribution is -2.13. The van der Waals surface area contributed by atoms with Crippen molar-refractivity contribution in [1.29, 1.82) is 5.41 Å². The topological polar surface area (TPSA) is 59.1 Å². The van der Waals surface area contributed by atoms with Gasteiger partial charge < -0.3 is 10.5 Å². The van der Waals surface area contributed by atoms with E-state index in [0.717, 1.165) is 21.0 Å². The minimum atomic E-state index is -0.00245. The van der Waals surface area contributed by atoms with Crippen molar-refractivity contribution in [3.63, 3.8) is 0 Å². The Kier molecular flexibility index (Phi) is 4.80. The van der Waals surface area contributed by atoms with Gasteiger partial charge in [-0.2, -0.15) is 0 Å². The van der Waals surface area contributed by atoms with Crippen LogP contribution in [0.3, 0.4) is 0 Å². The molecule has 5 heteroatoms. The van der Waals surface area contributed by atoms with E-state index in [1.165, 1.54) is 11.8 Å². The highest BCUT2D eigenvalue weighted by atomic mass is 35.5. The largest absolute Gasteiger partial charge is 0.457 e. The fourth-order valence-electron chi connectivity index (χ4n) is 2.12. The van der Waals surface area contributed by atoms with Crippen molar-refractivity contribution >= 4 is 29.2 Å². The summed E-state index contributed by atoms with van der Waals surface area (Å²) in [7, 11) is 0. The first-order valence-electron chi connectivity index (χ1n) is 6.40. The molecule has 0 radical (unpaired) electrons. The van der Waals surface area contributed by atoms with Crippen LogP contribution in [0.1, 0.15) is 16.7 Å². The summed E-state index contributed by atoms with van der Waals surface area (Å²) in [6.45, 7) is 3.87. The Bertz CT molecular complexity index is 678. The molecule has 0 saturated heterocycles. The number of nitrogens with one attached hydrogen (secondary N) is 1. The second kappa shape index (κ2) is 6.41. The first-order valence-corrected chi connectivity index (χ1v) is 8.00. The molecular formula is C16H17ClN2OS. The zero-order chi connectivity index (χ0) is 15.6. The van der Waals surface area contributed by atoms with Crippen LogP contribution < -0.4 is 10.5 Å². The summed E-state index contributed by atoms with van der Waals surface area (Å²) in [5, 5.41) is 8.51. The molecule has 0 spiro atoms. The van der Waals surface area contributed by atoms with Crippen LogP contribution in [0.2, 0.25) is 5.02 Å². The van der Waals surface area contributed by atoms with E-state index in [1.54, 1.807) is 0 Å². The van der Waals surface area contributed by atoms with Gasteiger partial charge in [-0.25, -0.2) is 0 Å². The van der Waals surface area contributed by atoms with Gasteiger partial charge in [0, 0.05) is 9.92 Å². The molecule has 0 aliphatic carbocycles. The van der Waals surface area contributed by atoms with E-state index in [2.05, 4.69) is 0 Å². The van der Waals surface area contributed by atoms with E-state index < -0.39 is 0 Å². The third-order valence-electron chi connectivity index (χ3n) is 3.12. The molecule has 0 aromatic heterocycles. The Morgan fingerprint density at radius 2 is 1.86 bits per heavy atom. The molecule has 0 aliphatic rings. The van der Waals surface area contributed by atoms with Crippen molar-refractivity contribution < 1.29 is 4.74 Å². The van der Waals surface area contributed by atoms with E-state index in [0.29, 0.717) is 17.1 Å². The molecule has 110 valence electrons. The van der Waals surface area contributed by atoms with Gasteiger partial charge in [0.1, 0.15) is 17.3 Å². The quantitative estimate of drug-likeness (QED) is 0.485. The molecule has 0 heterocycles. The van der Waals surface area contributed by atoms with Gasteiger partial charge >= 0.3 is 0 Å². The van der Waals surface area contributed by atoms with Crippen molar-refractivity contribution in [2.75, 3.05) is 6.26 Å². The number of nitrogen functional groups attached to an aromatic ring is 1. The lowest BCUT2D eigenvalue weighted by Gasteiger charge is -2.14. The smallest absolute Gasteiger partial charge is 0.139 e. The molecule has 3 nitrogen and oxygen atoms in total. The SMILES string of the molecule is CSc1cccc(Oc2cc(C)c(Cl)c(C)c2)c1C(=N)N. The Morgan fingerprint density at radius 3 is 2.38 bits per heavy atom. The molecular weight excluding hydrogens is 304 g/mol. The van der Waals surface area contributed by atoms with Crippen LogP contribution in [0.4, 0.5) is 0 Å². The van der Waals surface area contributed by atoms with Gasteiger partial charge in [0.05, 0.1) is 5.56 Å². The second-order valence-corrected chi connectivity index (χ2v) is 5.95. The zero-order valence-corrected chi connectivity index (χ0v) is 13.7. The standard InChI is InChI=1S/C16H17ClN2OS/c1-9-7-11(8-10(2)15(9)17)20-12-5-4-6-13(21-3)14(12)16(18)19/h4-8H,1-3H3,(H3,18,19). The Hall–Kier alpha value is -1.65. The number of hydrogen-bond acceptors (Lipinski definition) is 3. The number of rotatable bonds is 4. The van der Waals surface area contributed by atoms with Crippen molar-refractivity contribution in [1.82, 2.24) is 0 Å². The van der Waals surface area contributed by atoms with Gasteiger partial charge in [-0.15, -0.1) is 11.8 Å². The molecule has 2 rings (SSSR count). The lowest BCUT2D eigenvalue weighted by atomic mass is 10.1. The molecule has 0 atom stereocenters. The highest BCUT2D eigenvalue weighted by Crippen LogP contribution is 2.34. The van der Waals surface area contributed by atoms with Crippen molar-refractivity contribution in [3.8, 4) is 11.5 Å². The Morgan fingerprint density at radius 1 is 1.24 bits per heavy atom. The van der Waals surface area contributed by atoms with Crippen molar-refractivity contribution in [2.45, 2.75) is 18.7 Å². The maximum absolute atomic E-state index is 7.77. The normalized spacial score (nSPS) is 10.5. The average Bonchev–Trinajstić information content (AvgIpc) is 2.44. The third kappa shape index (κ3) is 3.34. The fourth-order valence-corrected chi connectivity index (χ4v) is 2.86. The summed E-state index contributed by atoms with van der Waals surface area (Å²) in [4.78, 5) is 0.919. The summed E-state index contributed by atoms with van der Waals surface area (Å²) in [5.41, 5.74) is 8.23. The monoisotopic (exact) mass is 320 g/mol. The van der Waals surface area contributed by atoms with Crippen LogP contribution >= 0.6 is 23.4 Å². The zero-order valence-electron chi connectivity index (χ0n) is 12.2. The van der Waals surface area contributed by atoms with E-state index in [9.17, 15) is 0 Å². The molecule has 2 aromatic rings. The number of amidine groups is 1. The van der Waals surface area contributed by atoms with Crippen LogP contribution in [0.15, 0.2) is 35.2 Å². The number of benzene rings is 2. The van der Waals surface area contributed by atoms with Crippen LogP contribution in [0.25, 0.3) is 0 Å². The molecule has 0 bridgehead atoms. The number of ether oxygens (including phenoxy) is 1. The summed E-state index contributed by atoms with van der Waals surface area (Å²) < 4.78 is 5.94. The maximum Gasteiger partial charge on any atom is 0.139 e. The van der Waals surface area contributed by atoms with E-state index in [4.69, 9.17) is 27.5 Å². The first-order chi connectivity index (χ1) is 9.93. The van der Waals surface area contributed by atoms with Gasteiger partial charge in [0.15, 0.2) is 0 Å². The molecule has 0 saturated carbocycles. The Balaban J connectivity index is 2.47.